The fourth-order valence-corrected chi connectivity index (χ4v) is 2.09. The largest absolute Gasteiger partial charge is 0.378 e. The highest BCUT2D eigenvalue weighted by molar-refractivity contribution is 14.0. The number of nitrogens with one attached hydrogen (secondary N) is 1. The van der Waals surface area contributed by atoms with Gasteiger partial charge in [0.15, 0.2) is 5.96 Å². The first-order valence-corrected chi connectivity index (χ1v) is 8.17. The van der Waals surface area contributed by atoms with E-state index in [0.717, 1.165) is 38.6 Å². The Morgan fingerprint density at radius 2 is 1.90 bits per heavy atom. The highest BCUT2D eigenvalue weighted by atomic mass is 127. The van der Waals surface area contributed by atoms with Crippen molar-refractivity contribution in [3.8, 4) is 0 Å². The maximum absolute atomic E-state index is 5.77. The van der Waals surface area contributed by atoms with Crippen LogP contribution in [0.4, 0.5) is 0 Å². The van der Waals surface area contributed by atoms with Crippen LogP contribution in [0.25, 0.3) is 0 Å². The third-order valence-electron chi connectivity index (χ3n) is 3.34. The van der Waals surface area contributed by atoms with E-state index in [1.807, 2.05) is 0 Å². The first-order chi connectivity index (χ1) is 9.56. The average molecular weight is 413 g/mol. The van der Waals surface area contributed by atoms with Crippen LogP contribution in [0.1, 0.15) is 53.9 Å². The van der Waals surface area contributed by atoms with Gasteiger partial charge in [0.2, 0.25) is 0 Å². The molecule has 128 valence electrons. The Morgan fingerprint density at radius 3 is 2.38 bits per heavy atom. The maximum atomic E-state index is 5.77. The minimum Gasteiger partial charge on any atom is -0.378 e. The quantitative estimate of drug-likeness (QED) is 0.337. The van der Waals surface area contributed by atoms with Crippen molar-refractivity contribution in [2.45, 2.75) is 60.0 Å². The Morgan fingerprint density at radius 1 is 1.24 bits per heavy atom. The molecule has 1 atom stereocenters. The van der Waals surface area contributed by atoms with E-state index < -0.39 is 0 Å². The standard InChI is InChI=1S/C16H35N3O.HI/c1-7-10-13-19(6)16(17-8-2)18-12-11-15(14(4)5)20-9-3;/h14-15H,7-13H2,1-6H3,(H,17,18);1H. The molecule has 0 aliphatic heterocycles. The van der Waals surface area contributed by atoms with Gasteiger partial charge in [-0.05, 0) is 32.6 Å². The van der Waals surface area contributed by atoms with E-state index in [9.17, 15) is 0 Å². The summed E-state index contributed by atoms with van der Waals surface area (Å²) in [4.78, 5) is 6.94. The van der Waals surface area contributed by atoms with Gasteiger partial charge in [-0.3, -0.25) is 4.99 Å². The lowest BCUT2D eigenvalue weighted by Gasteiger charge is -2.23. The number of unbranched alkanes of at least 4 members (excludes halogenated alkanes) is 1. The monoisotopic (exact) mass is 413 g/mol. The predicted octanol–water partition coefficient (Wildman–Crippen LogP) is 3.75. The maximum Gasteiger partial charge on any atom is 0.193 e. The van der Waals surface area contributed by atoms with Crippen LogP contribution in [0.5, 0.6) is 0 Å². The van der Waals surface area contributed by atoms with Crippen LogP contribution in [-0.2, 0) is 4.74 Å². The Kier molecular flexibility index (Phi) is 16.5. The molecular formula is C16H36IN3O. The van der Waals surface area contributed by atoms with Gasteiger partial charge < -0.3 is 15.0 Å². The van der Waals surface area contributed by atoms with Crippen LogP contribution in [0.15, 0.2) is 4.99 Å². The number of hydrogen-bond donors (Lipinski definition) is 1. The predicted molar refractivity (Wildman–Crippen MR) is 104 cm³/mol. The summed E-state index contributed by atoms with van der Waals surface area (Å²) in [5.74, 6) is 1.56. The Bertz CT molecular complexity index is 260. The molecule has 0 saturated heterocycles. The molecule has 1 unspecified atom stereocenters. The minimum absolute atomic E-state index is 0. The molecular weight excluding hydrogens is 377 g/mol. The zero-order valence-electron chi connectivity index (χ0n) is 14.8. The number of halogens is 1. The van der Waals surface area contributed by atoms with Crippen molar-refractivity contribution in [1.29, 1.82) is 0 Å². The molecule has 21 heavy (non-hydrogen) atoms. The molecule has 1 N–H and O–H groups in total. The number of hydrogen-bond acceptors (Lipinski definition) is 2. The van der Waals surface area contributed by atoms with Crippen LogP contribution in [0.2, 0.25) is 0 Å². The molecule has 0 amide bonds. The van der Waals surface area contributed by atoms with Crippen LogP contribution < -0.4 is 5.32 Å². The first-order valence-electron chi connectivity index (χ1n) is 8.17. The van der Waals surface area contributed by atoms with Crippen molar-refractivity contribution in [2.75, 3.05) is 33.3 Å². The van der Waals surface area contributed by atoms with Gasteiger partial charge in [-0.25, -0.2) is 0 Å². The lowest BCUT2D eigenvalue weighted by Crippen LogP contribution is -2.39. The van der Waals surface area contributed by atoms with Gasteiger partial charge in [-0.2, -0.15) is 0 Å². The molecule has 0 bridgehead atoms. The lowest BCUT2D eigenvalue weighted by molar-refractivity contribution is 0.0266. The highest BCUT2D eigenvalue weighted by Gasteiger charge is 2.13. The third kappa shape index (κ3) is 11.2. The summed E-state index contributed by atoms with van der Waals surface area (Å²) in [7, 11) is 2.11. The normalized spacial score (nSPS) is 13.0. The van der Waals surface area contributed by atoms with Crippen molar-refractivity contribution >= 4 is 29.9 Å². The van der Waals surface area contributed by atoms with E-state index in [1.165, 1.54) is 12.8 Å². The molecule has 0 heterocycles. The zero-order valence-corrected chi connectivity index (χ0v) is 17.1. The van der Waals surface area contributed by atoms with Gasteiger partial charge in [0.1, 0.15) is 0 Å². The summed E-state index contributed by atoms with van der Waals surface area (Å²) in [6, 6.07) is 0. The average Bonchev–Trinajstić information content (AvgIpc) is 2.42. The van der Waals surface area contributed by atoms with Gasteiger partial charge in [0.25, 0.3) is 0 Å². The van der Waals surface area contributed by atoms with Gasteiger partial charge in [0.05, 0.1) is 6.10 Å². The summed E-state index contributed by atoms with van der Waals surface area (Å²) in [5, 5.41) is 3.36. The molecule has 0 aliphatic rings. The smallest absolute Gasteiger partial charge is 0.193 e. The van der Waals surface area contributed by atoms with Gasteiger partial charge in [-0.1, -0.05) is 27.2 Å². The van der Waals surface area contributed by atoms with Crippen molar-refractivity contribution in [1.82, 2.24) is 10.2 Å². The topological polar surface area (TPSA) is 36.9 Å². The summed E-state index contributed by atoms with van der Waals surface area (Å²) in [6.07, 6.45) is 3.72. The SMILES string of the molecule is CCCCN(C)C(=NCCC(OCC)C(C)C)NCC.I. The van der Waals surface area contributed by atoms with Crippen LogP contribution in [0.3, 0.4) is 0 Å². The number of rotatable bonds is 10. The third-order valence-corrected chi connectivity index (χ3v) is 3.34. The molecule has 0 aliphatic carbocycles. The summed E-state index contributed by atoms with van der Waals surface area (Å²) in [6.45, 7) is 14.4. The van der Waals surface area contributed by atoms with Gasteiger partial charge >= 0.3 is 0 Å². The summed E-state index contributed by atoms with van der Waals surface area (Å²) in [5.41, 5.74) is 0. The second-order valence-corrected chi connectivity index (χ2v) is 5.54. The second kappa shape index (κ2) is 14.9. The molecule has 0 aromatic carbocycles. The highest BCUT2D eigenvalue weighted by Crippen LogP contribution is 2.10. The van der Waals surface area contributed by atoms with E-state index in [4.69, 9.17) is 9.73 Å². The van der Waals surface area contributed by atoms with Crippen LogP contribution in [-0.4, -0.2) is 50.3 Å². The first kappa shape index (κ1) is 23.2. The molecule has 0 rings (SSSR count). The fraction of sp³-hybridized carbons (Fsp3) is 0.938. The van der Waals surface area contributed by atoms with Crippen molar-refractivity contribution in [3.63, 3.8) is 0 Å². The number of aliphatic imine (C=N–C) groups is 1. The minimum atomic E-state index is 0. The Labute approximate surface area is 149 Å². The number of guanidine groups is 1. The van der Waals surface area contributed by atoms with Gasteiger partial charge in [0, 0.05) is 33.3 Å². The molecule has 0 saturated carbocycles. The molecule has 0 radical (unpaired) electrons. The van der Waals surface area contributed by atoms with Crippen molar-refractivity contribution < 1.29 is 4.74 Å². The molecule has 0 aromatic heterocycles. The summed E-state index contributed by atoms with van der Waals surface area (Å²) < 4.78 is 5.77. The van der Waals surface area contributed by atoms with E-state index in [2.05, 4.69) is 51.9 Å². The Hall–Kier alpha value is -0.0400. The van der Waals surface area contributed by atoms with E-state index in [1.54, 1.807) is 0 Å². The summed E-state index contributed by atoms with van der Waals surface area (Å²) >= 11 is 0. The molecule has 0 spiro atoms. The van der Waals surface area contributed by atoms with Crippen molar-refractivity contribution in [3.05, 3.63) is 0 Å². The van der Waals surface area contributed by atoms with E-state index in [0.29, 0.717) is 12.0 Å². The van der Waals surface area contributed by atoms with E-state index >= 15 is 0 Å². The molecule has 5 heteroatoms. The van der Waals surface area contributed by atoms with Crippen LogP contribution in [0, 0.1) is 5.92 Å². The fourth-order valence-electron chi connectivity index (χ4n) is 2.09. The molecule has 0 fully saturated rings. The number of nitrogens with zero attached hydrogens (tertiary/aromatic N) is 2. The zero-order chi connectivity index (χ0) is 15.4. The van der Waals surface area contributed by atoms with Crippen LogP contribution >= 0.6 is 24.0 Å². The van der Waals surface area contributed by atoms with E-state index in [-0.39, 0.29) is 24.0 Å². The van der Waals surface area contributed by atoms with Gasteiger partial charge in [-0.15, -0.1) is 24.0 Å². The Balaban J connectivity index is 0. The molecule has 0 aromatic rings. The van der Waals surface area contributed by atoms with Crippen molar-refractivity contribution in [2.24, 2.45) is 10.9 Å². The molecule has 4 nitrogen and oxygen atoms in total. The lowest BCUT2D eigenvalue weighted by atomic mass is 10.0. The number of ether oxygens (including phenoxy) is 1. The second-order valence-electron chi connectivity index (χ2n) is 5.54.